The molecule has 4 N–H and O–H groups in total. The molecule has 0 atom stereocenters. The maximum absolute atomic E-state index is 5.43. The molecule has 0 unspecified atom stereocenters. The normalized spacial score (nSPS) is 11.4. The molecule has 0 spiro atoms. The van der Waals surface area contributed by atoms with Crippen LogP contribution >= 0.6 is 0 Å². The molecule has 0 aliphatic rings. The lowest BCUT2D eigenvalue weighted by Crippen LogP contribution is -2.38. The summed E-state index contributed by atoms with van der Waals surface area (Å²) in [4.78, 5) is 2.50. The Kier molecular flexibility index (Phi) is 9.24. The quantitative estimate of drug-likeness (QED) is 0.529. The Morgan fingerprint density at radius 3 is 2.25 bits per heavy atom. The Balaban J connectivity index is 2.19. The fourth-order valence-corrected chi connectivity index (χ4v) is 2.09. The molecule has 0 radical (unpaired) electrons. The van der Waals surface area contributed by atoms with Gasteiger partial charge in [0.15, 0.2) is 0 Å². The van der Waals surface area contributed by atoms with Gasteiger partial charge in [0, 0.05) is 51.9 Å². The second kappa shape index (κ2) is 10.8. The van der Waals surface area contributed by atoms with Gasteiger partial charge in [0.25, 0.3) is 0 Å². The lowest BCUT2D eigenvalue weighted by molar-refractivity contribution is 0.213. The summed E-state index contributed by atoms with van der Waals surface area (Å²) >= 11 is 0. The zero-order chi connectivity index (χ0) is 14.6. The van der Waals surface area contributed by atoms with E-state index in [-0.39, 0.29) is 0 Å². The van der Waals surface area contributed by atoms with Crippen LogP contribution in [0.25, 0.3) is 0 Å². The molecule has 0 bridgehead atoms. The van der Waals surface area contributed by atoms with Crippen LogP contribution in [0.4, 0.5) is 0 Å². The molecule has 0 aliphatic heterocycles. The topological polar surface area (TPSA) is 53.3 Å². The number of nitrogens with two attached hydrogens (primary N) is 1. The van der Waals surface area contributed by atoms with Crippen LogP contribution in [0.15, 0.2) is 30.3 Å². The van der Waals surface area contributed by atoms with Gasteiger partial charge in [0.1, 0.15) is 0 Å². The van der Waals surface area contributed by atoms with Gasteiger partial charge in [-0.15, -0.1) is 0 Å². The lowest BCUT2D eigenvalue weighted by atomic mass is 10.2. The molecule has 0 saturated heterocycles. The first-order valence-electron chi connectivity index (χ1n) is 7.63. The van der Waals surface area contributed by atoms with Crippen LogP contribution in [-0.4, -0.2) is 50.2 Å². The van der Waals surface area contributed by atoms with Gasteiger partial charge in [-0.3, -0.25) is 4.90 Å². The van der Waals surface area contributed by atoms with E-state index in [0.29, 0.717) is 12.6 Å². The van der Waals surface area contributed by atoms with Crippen molar-refractivity contribution in [2.45, 2.75) is 26.4 Å². The van der Waals surface area contributed by atoms with Gasteiger partial charge >= 0.3 is 0 Å². The van der Waals surface area contributed by atoms with Crippen LogP contribution < -0.4 is 16.4 Å². The van der Waals surface area contributed by atoms with Crippen molar-refractivity contribution in [3.8, 4) is 0 Å². The summed E-state index contributed by atoms with van der Waals surface area (Å²) < 4.78 is 0. The largest absolute Gasteiger partial charge is 0.329 e. The van der Waals surface area contributed by atoms with Crippen molar-refractivity contribution in [2.24, 2.45) is 5.73 Å². The Morgan fingerprint density at radius 2 is 1.65 bits per heavy atom. The van der Waals surface area contributed by atoms with Crippen molar-refractivity contribution in [1.29, 1.82) is 0 Å². The lowest BCUT2D eigenvalue weighted by Gasteiger charge is -2.26. The molecule has 0 saturated carbocycles. The molecule has 0 amide bonds. The van der Waals surface area contributed by atoms with Crippen LogP contribution in [0.5, 0.6) is 0 Å². The van der Waals surface area contributed by atoms with Crippen LogP contribution in [0, 0.1) is 0 Å². The van der Waals surface area contributed by atoms with Crippen molar-refractivity contribution >= 4 is 0 Å². The Bertz CT molecular complexity index is 327. The van der Waals surface area contributed by atoms with Crippen molar-refractivity contribution in [1.82, 2.24) is 15.5 Å². The van der Waals surface area contributed by atoms with E-state index in [0.717, 1.165) is 39.3 Å². The van der Waals surface area contributed by atoms with Gasteiger partial charge in [-0.2, -0.15) is 0 Å². The van der Waals surface area contributed by atoms with Crippen molar-refractivity contribution in [3.05, 3.63) is 35.9 Å². The molecule has 0 fully saturated rings. The summed E-state index contributed by atoms with van der Waals surface area (Å²) in [6.07, 6.45) is 0. The fourth-order valence-electron chi connectivity index (χ4n) is 2.09. The van der Waals surface area contributed by atoms with E-state index < -0.39 is 0 Å². The van der Waals surface area contributed by atoms with Crippen LogP contribution in [-0.2, 0) is 6.54 Å². The smallest absolute Gasteiger partial charge is 0.0236 e. The number of hydrogen-bond donors (Lipinski definition) is 3. The van der Waals surface area contributed by atoms with Crippen LogP contribution in [0.1, 0.15) is 19.4 Å². The van der Waals surface area contributed by atoms with Gasteiger partial charge in [0.2, 0.25) is 0 Å². The van der Waals surface area contributed by atoms with Crippen LogP contribution in [0.2, 0.25) is 0 Å². The van der Waals surface area contributed by atoms with Crippen molar-refractivity contribution in [2.75, 3.05) is 39.3 Å². The third-order valence-electron chi connectivity index (χ3n) is 3.33. The highest BCUT2D eigenvalue weighted by molar-refractivity contribution is 5.14. The molecule has 4 heteroatoms. The van der Waals surface area contributed by atoms with E-state index in [1.807, 2.05) is 0 Å². The SMILES string of the molecule is CC(C)N(CCNCCNCCN)Cc1ccccc1. The van der Waals surface area contributed by atoms with Crippen molar-refractivity contribution in [3.63, 3.8) is 0 Å². The molecule has 1 rings (SSSR count). The highest BCUT2D eigenvalue weighted by atomic mass is 15.2. The average molecular weight is 278 g/mol. The van der Waals surface area contributed by atoms with E-state index in [4.69, 9.17) is 5.73 Å². The molecule has 1 aromatic rings. The van der Waals surface area contributed by atoms with E-state index >= 15 is 0 Å². The Morgan fingerprint density at radius 1 is 1.00 bits per heavy atom. The summed E-state index contributed by atoms with van der Waals surface area (Å²) in [5.41, 5.74) is 6.81. The summed E-state index contributed by atoms with van der Waals surface area (Å²) in [5, 5.41) is 6.76. The first-order valence-corrected chi connectivity index (χ1v) is 7.63. The molecule has 0 heterocycles. The monoisotopic (exact) mass is 278 g/mol. The molecule has 20 heavy (non-hydrogen) atoms. The van der Waals surface area contributed by atoms with E-state index in [2.05, 4.69) is 59.7 Å². The first-order chi connectivity index (χ1) is 9.74. The minimum atomic E-state index is 0.562. The van der Waals surface area contributed by atoms with Gasteiger partial charge in [-0.25, -0.2) is 0 Å². The van der Waals surface area contributed by atoms with Gasteiger partial charge in [0.05, 0.1) is 0 Å². The van der Waals surface area contributed by atoms with E-state index in [1.54, 1.807) is 0 Å². The number of benzene rings is 1. The average Bonchev–Trinajstić information content (AvgIpc) is 2.46. The number of rotatable bonds is 11. The Labute approximate surface area is 123 Å². The third kappa shape index (κ3) is 7.60. The standard InChI is InChI=1S/C16H30N4/c1-15(2)20(14-16-6-4-3-5-7-16)13-12-19-11-10-18-9-8-17/h3-7,15,18-19H,8-14,17H2,1-2H3. The van der Waals surface area contributed by atoms with E-state index in [9.17, 15) is 0 Å². The number of nitrogens with zero attached hydrogens (tertiary/aromatic N) is 1. The summed E-state index contributed by atoms with van der Waals surface area (Å²) in [6, 6.07) is 11.2. The second-order valence-corrected chi connectivity index (χ2v) is 5.34. The molecule has 1 aromatic carbocycles. The summed E-state index contributed by atoms with van der Waals surface area (Å²) in [5.74, 6) is 0. The molecule has 4 nitrogen and oxygen atoms in total. The van der Waals surface area contributed by atoms with Gasteiger partial charge in [-0.1, -0.05) is 30.3 Å². The maximum Gasteiger partial charge on any atom is 0.0236 e. The fraction of sp³-hybridized carbons (Fsp3) is 0.625. The van der Waals surface area contributed by atoms with Crippen LogP contribution in [0.3, 0.4) is 0 Å². The molecule has 114 valence electrons. The number of nitrogens with one attached hydrogen (secondary N) is 2. The van der Waals surface area contributed by atoms with Gasteiger partial charge < -0.3 is 16.4 Å². The zero-order valence-corrected chi connectivity index (χ0v) is 12.9. The predicted octanol–water partition coefficient (Wildman–Crippen LogP) is 1.03. The van der Waals surface area contributed by atoms with Crippen molar-refractivity contribution < 1.29 is 0 Å². The maximum atomic E-state index is 5.43. The second-order valence-electron chi connectivity index (χ2n) is 5.34. The highest BCUT2D eigenvalue weighted by Gasteiger charge is 2.09. The molecular weight excluding hydrogens is 248 g/mol. The predicted molar refractivity (Wildman–Crippen MR) is 86.8 cm³/mol. The third-order valence-corrected chi connectivity index (χ3v) is 3.33. The minimum Gasteiger partial charge on any atom is -0.329 e. The summed E-state index contributed by atoms with van der Waals surface area (Å²) in [6.45, 7) is 11.2. The number of hydrogen-bond acceptors (Lipinski definition) is 4. The molecular formula is C16H30N4. The summed E-state index contributed by atoms with van der Waals surface area (Å²) in [7, 11) is 0. The molecule has 0 aliphatic carbocycles. The van der Waals surface area contributed by atoms with Gasteiger partial charge in [-0.05, 0) is 19.4 Å². The minimum absolute atomic E-state index is 0.562. The first kappa shape index (κ1) is 17.1. The zero-order valence-electron chi connectivity index (χ0n) is 12.9. The molecule has 0 aromatic heterocycles. The van der Waals surface area contributed by atoms with E-state index in [1.165, 1.54) is 5.56 Å². The Hall–Kier alpha value is -0.940. The highest BCUT2D eigenvalue weighted by Crippen LogP contribution is 2.07.